The molecule has 2 aromatic carbocycles. The van der Waals surface area contributed by atoms with Gasteiger partial charge in [0.25, 0.3) is 0 Å². The van der Waals surface area contributed by atoms with E-state index in [-0.39, 0.29) is 12.1 Å². The Labute approximate surface area is 182 Å². The van der Waals surface area contributed by atoms with E-state index in [9.17, 15) is 9.59 Å². The van der Waals surface area contributed by atoms with Gasteiger partial charge in [0.1, 0.15) is 18.5 Å². The standard InChI is InChI=1S/C25H28N2O4/c1-16-9-8-14-20(16)31-24(28)22-17(2)26-25(29)27-23(22)19-12-6-7-13-21(19)30-15-18-10-4-3-5-11-18/h3-7,10-13,16,20,23H,8-9,14-15H2,1-2H3,(H2,26,27,29)/t16-,20-,23+/m1/s1. The molecule has 0 aromatic heterocycles. The van der Waals surface area contributed by atoms with E-state index in [4.69, 9.17) is 9.47 Å². The van der Waals surface area contributed by atoms with Crippen LogP contribution in [0, 0.1) is 5.92 Å². The molecular formula is C25H28N2O4. The van der Waals surface area contributed by atoms with Gasteiger partial charge in [-0.1, -0.05) is 55.5 Å². The highest BCUT2D eigenvalue weighted by Crippen LogP contribution is 2.35. The van der Waals surface area contributed by atoms with E-state index >= 15 is 0 Å². The second-order valence-corrected chi connectivity index (χ2v) is 8.23. The number of rotatable bonds is 6. The Bertz CT molecular complexity index is 986. The van der Waals surface area contributed by atoms with Crippen molar-refractivity contribution < 1.29 is 19.1 Å². The summed E-state index contributed by atoms with van der Waals surface area (Å²) in [5, 5.41) is 5.59. The summed E-state index contributed by atoms with van der Waals surface area (Å²) in [7, 11) is 0. The van der Waals surface area contributed by atoms with E-state index in [1.54, 1.807) is 6.92 Å². The first-order valence-electron chi connectivity index (χ1n) is 10.8. The van der Waals surface area contributed by atoms with Gasteiger partial charge in [0, 0.05) is 11.3 Å². The number of para-hydroxylation sites is 1. The van der Waals surface area contributed by atoms with Crippen LogP contribution in [0.4, 0.5) is 4.79 Å². The van der Waals surface area contributed by atoms with Crippen LogP contribution in [0.3, 0.4) is 0 Å². The number of carbonyl (C=O) groups excluding carboxylic acids is 2. The summed E-state index contributed by atoms with van der Waals surface area (Å²) in [6.07, 6.45) is 2.91. The maximum atomic E-state index is 13.2. The van der Waals surface area contributed by atoms with Crippen molar-refractivity contribution >= 4 is 12.0 Å². The van der Waals surface area contributed by atoms with Crippen molar-refractivity contribution in [2.24, 2.45) is 5.92 Å². The number of hydrogen-bond acceptors (Lipinski definition) is 4. The summed E-state index contributed by atoms with van der Waals surface area (Å²) < 4.78 is 11.9. The van der Waals surface area contributed by atoms with Gasteiger partial charge in [-0.2, -0.15) is 0 Å². The first kappa shape index (κ1) is 21.0. The minimum Gasteiger partial charge on any atom is -0.489 e. The number of amides is 2. The smallest absolute Gasteiger partial charge is 0.338 e. The summed E-state index contributed by atoms with van der Waals surface area (Å²) in [6.45, 7) is 4.23. The van der Waals surface area contributed by atoms with E-state index in [0.717, 1.165) is 30.4 Å². The van der Waals surface area contributed by atoms with Crippen molar-refractivity contribution in [3.63, 3.8) is 0 Å². The van der Waals surface area contributed by atoms with Gasteiger partial charge in [0.15, 0.2) is 0 Å². The minimum absolute atomic E-state index is 0.0874. The molecule has 31 heavy (non-hydrogen) atoms. The molecule has 2 aromatic rings. The van der Waals surface area contributed by atoms with Gasteiger partial charge in [0.2, 0.25) is 0 Å². The lowest BCUT2D eigenvalue weighted by Gasteiger charge is -2.30. The Balaban J connectivity index is 1.61. The molecule has 1 aliphatic carbocycles. The van der Waals surface area contributed by atoms with Crippen LogP contribution in [0.2, 0.25) is 0 Å². The molecule has 4 rings (SSSR count). The van der Waals surface area contributed by atoms with Gasteiger partial charge in [-0.05, 0) is 43.7 Å². The van der Waals surface area contributed by atoms with Gasteiger partial charge >= 0.3 is 12.0 Å². The number of esters is 1. The van der Waals surface area contributed by atoms with Gasteiger partial charge < -0.3 is 20.1 Å². The van der Waals surface area contributed by atoms with E-state index in [1.165, 1.54) is 0 Å². The van der Waals surface area contributed by atoms with Crippen molar-refractivity contribution in [1.82, 2.24) is 10.6 Å². The molecule has 3 atom stereocenters. The van der Waals surface area contributed by atoms with Crippen LogP contribution < -0.4 is 15.4 Å². The first-order valence-corrected chi connectivity index (χ1v) is 10.8. The molecule has 0 saturated heterocycles. The van der Waals surface area contributed by atoms with Crippen LogP contribution in [0.1, 0.15) is 50.3 Å². The zero-order valence-electron chi connectivity index (χ0n) is 17.9. The Morgan fingerprint density at radius 2 is 1.81 bits per heavy atom. The highest BCUT2D eigenvalue weighted by atomic mass is 16.5. The van der Waals surface area contributed by atoms with E-state index < -0.39 is 12.0 Å². The summed E-state index contributed by atoms with van der Waals surface area (Å²) in [5.74, 6) is 0.563. The molecule has 2 amide bonds. The SMILES string of the molecule is CC1=C(C(=O)O[C@@H]2CCC[C@H]2C)[C@H](c2ccccc2OCc2ccccc2)NC(=O)N1. The third-order valence-electron chi connectivity index (χ3n) is 6.00. The molecule has 2 aliphatic rings. The molecule has 0 unspecified atom stereocenters. The fraction of sp³-hybridized carbons (Fsp3) is 0.360. The average molecular weight is 421 g/mol. The van der Waals surface area contributed by atoms with Crippen LogP contribution in [0.5, 0.6) is 5.75 Å². The van der Waals surface area contributed by atoms with Gasteiger partial charge in [0.05, 0.1) is 11.6 Å². The lowest BCUT2D eigenvalue weighted by atomic mass is 9.94. The molecule has 0 spiro atoms. The van der Waals surface area contributed by atoms with Crippen LogP contribution in [0.25, 0.3) is 0 Å². The predicted molar refractivity (Wildman–Crippen MR) is 117 cm³/mol. The largest absolute Gasteiger partial charge is 0.489 e. The summed E-state index contributed by atoms with van der Waals surface area (Å²) in [5.41, 5.74) is 2.67. The summed E-state index contributed by atoms with van der Waals surface area (Å²) in [4.78, 5) is 25.4. The first-order chi connectivity index (χ1) is 15.0. The third-order valence-corrected chi connectivity index (χ3v) is 6.00. The van der Waals surface area contributed by atoms with Crippen molar-refractivity contribution in [3.8, 4) is 5.75 Å². The Morgan fingerprint density at radius 1 is 1.06 bits per heavy atom. The molecule has 0 bridgehead atoms. The van der Waals surface area contributed by atoms with Gasteiger partial charge in [-0.25, -0.2) is 9.59 Å². The number of allylic oxidation sites excluding steroid dienone is 1. The van der Waals surface area contributed by atoms with E-state index in [2.05, 4.69) is 17.6 Å². The molecule has 1 heterocycles. The second-order valence-electron chi connectivity index (χ2n) is 8.23. The van der Waals surface area contributed by atoms with Crippen molar-refractivity contribution in [3.05, 3.63) is 77.0 Å². The fourth-order valence-electron chi connectivity index (χ4n) is 4.27. The van der Waals surface area contributed by atoms with Crippen molar-refractivity contribution in [2.45, 2.75) is 51.9 Å². The van der Waals surface area contributed by atoms with Gasteiger partial charge in [-0.3, -0.25) is 0 Å². The molecule has 2 N–H and O–H groups in total. The van der Waals surface area contributed by atoms with Crippen LogP contribution in [0.15, 0.2) is 65.9 Å². The topological polar surface area (TPSA) is 76.7 Å². The number of benzene rings is 2. The number of urea groups is 1. The van der Waals surface area contributed by atoms with E-state index in [1.807, 2.05) is 54.6 Å². The molecule has 1 fully saturated rings. The second kappa shape index (κ2) is 9.25. The molecule has 162 valence electrons. The summed E-state index contributed by atoms with van der Waals surface area (Å²) >= 11 is 0. The van der Waals surface area contributed by atoms with Crippen molar-refractivity contribution in [1.29, 1.82) is 0 Å². The molecule has 0 radical (unpaired) electrons. The quantitative estimate of drug-likeness (QED) is 0.669. The average Bonchev–Trinajstić information content (AvgIpc) is 3.16. The van der Waals surface area contributed by atoms with Crippen LogP contribution >= 0.6 is 0 Å². The van der Waals surface area contributed by atoms with Gasteiger partial charge in [-0.15, -0.1) is 0 Å². The molecule has 6 nitrogen and oxygen atoms in total. The monoisotopic (exact) mass is 420 g/mol. The van der Waals surface area contributed by atoms with Crippen LogP contribution in [-0.4, -0.2) is 18.1 Å². The van der Waals surface area contributed by atoms with Crippen molar-refractivity contribution in [2.75, 3.05) is 0 Å². The Kier molecular flexibility index (Phi) is 6.26. The fourth-order valence-corrected chi connectivity index (χ4v) is 4.27. The molecule has 1 saturated carbocycles. The van der Waals surface area contributed by atoms with E-state index in [0.29, 0.717) is 29.5 Å². The molecule has 1 aliphatic heterocycles. The predicted octanol–water partition coefficient (Wildman–Crippen LogP) is 4.63. The highest BCUT2D eigenvalue weighted by Gasteiger charge is 2.36. The number of hydrogen-bond donors (Lipinski definition) is 2. The number of carbonyl (C=O) groups is 2. The minimum atomic E-state index is -0.648. The Morgan fingerprint density at radius 3 is 2.55 bits per heavy atom. The highest BCUT2D eigenvalue weighted by molar-refractivity contribution is 5.95. The normalized spacial score (nSPS) is 23.2. The molecular weight excluding hydrogens is 392 g/mol. The lowest BCUT2D eigenvalue weighted by molar-refractivity contribution is -0.146. The summed E-state index contributed by atoms with van der Waals surface area (Å²) in [6, 6.07) is 16.3. The maximum absolute atomic E-state index is 13.2. The zero-order valence-corrected chi connectivity index (χ0v) is 17.9. The van der Waals surface area contributed by atoms with Crippen LogP contribution in [-0.2, 0) is 16.1 Å². The third kappa shape index (κ3) is 4.74. The molecule has 6 heteroatoms. The lowest BCUT2D eigenvalue weighted by Crippen LogP contribution is -2.45. The maximum Gasteiger partial charge on any atom is 0.338 e. The number of ether oxygens (including phenoxy) is 2. The zero-order chi connectivity index (χ0) is 21.8. The number of nitrogens with one attached hydrogen (secondary N) is 2. The Hall–Kier alpha value is -3.28.